The van der Waals surface area contributed by atoms with Gasteiger partial charge in [-0.25, -0.2) is 9.97 Å². The summed E-state index contributed by atoms with van der Waals surface area (Å²) in [6.45, 7) is 0.541. The molecule has 3 rings (SSSR count). The molecule has 0 radical (unpaired) electrons. The highest BCUT2D eigenvalue weighted by Crippen LogP contribution is 2.40. The molecule has 0 bridgehead atoms. The predicted molar refractivity (Wildman–Crippen MR) is 106 cm³/mol. The molecule has 3 aromatic rings. The lowest BCUT2D eigenvalue weighted by molar-refractivity contribution is 0.100. The largest absolute Gasteiger partial charge is 0.397 e. The Hall–Kier alpha value is -2.13. The number of aliphatic hydroxyl groups excluding tert-OH is 1. The fraction of sp³-hybridized carbons (Fsp3) is 0.188. The van der Waals surface area contributed by atoms with Gasteiger partial charge in [0.15, 0.2) is 0 Å². The second-order valence-electron chi connectivity index (χ2n) is 5.42. The van der Waals surface area contributed by atoms with E-state index in [0.717, 1.165) is 11.3 Å². The minimum atomic E-state index is -0.625. The Morgan fingerprint density at radius 1 is 1.27 bits per heavy atom. The van der Waals surface area contributed by atoms with E-state index in [1.54, 1.807) is 18.2 Å². The molecule has 10 heteroatoms. The average Bonchev–Trinajstić information content (AvgIpc) is 2.94. The van der Waals surface area contributed by atoms with Crippen molar-refractivity contribution in [2.45, 2.75) is 6.42 Å². The summed E-state index contributed by atoms with van der Waals surface area (Å²) in [6, 6.07) is 5.09. The molecule has 2 heterocycles. The van der Waals surface area contributed by atoms with Gasteiger partial charge in [0.2, 0.25) is 5.95 Å². The lowest BCUT2D eigenvalue weighted by Crippen LogP contribution is -2.10. The van der Waals surface area contributed by atoms with Crippen molar-refractivity contribution in [3.8, 4) is 11.3 Å². The number of nitrogens with one attached hydrogen (secondary N) is 1. The Kier molecular flexibility index (Phi) is 5.47. The SMILES string of the molecule is NC(=O)c1sc2nc(NCCCO)nc(-c3ccc(Cl)c(Cl)c3)c2c1N. The summed E-state index contributed by atoms with van der Waals surface area (Å²) in [7, 11) is 0. The van der Waals surface area contributed by atoms with Gasteiger partial charge in [-0.1, -0.05) is 29.3 Å². The Morgan fingerprint density at radius 2 is 2.04 bits per heavy atom. The standard InChI is InChI=1S/C16H15Cl2N5O2S/c17-8-3-2-7(6-9(8)18)12-10-11(19)13(14(20)25)26-15(10)23-16(22-12)21-4-1-5-24/h2-3,6,24H,1,4-5,19H2,(H2,20,25)(H,21,22,23). The van der Waals surface area contributed by atoms with Gasteiger partial charge in [-0.15, -0.1) is 11.3 Å². The van der Waals surface area contributed by atoms with Crippen LogP contribution in [0.1, 0.15) is 16.1 Å². The van der Waals surface area contributed by atoms with Crippen molar-refractivity contribution in [2.75, 3.05) is 24.2 Å². The summed E-state index contributed by atoms with van der Waals surface area (Å²) < 4.78 is 0. The van der Waals surface area contributed by atoms with E-state index in [1.807, 2.05) is 0 Å². The van der Waals surface area contributed by atoms with Crippen LogP contribution in [0.15, 0.2) is 18.2 Å². The van der Waals surface area contributed by atoms with Gasteiger partial charge in [-0.05, 0) is 18.6 Å². The number of amides is 1. The number of carbonyl (C=O) groups is 1. The molecule has 0 atom stereocenters. The first-order valence-electron chi connectivity index (χ1n) is 7.62. The third kappa shape index (κ3) is 3.54. The molecule has 1 amide bonds. The van der Waals surface area contributed by atoms with Gasteiger partial charge in [0, 0.05) is 18.7 Å². The molecule has 0 unspecified atom stereocenters. The number of primary amides is 1. The molecular formula is C16H15Cl2N5O2S. The number of hydrogen-bond acceptors (Lipinski definition) is 7. The van der Waals surface area contributed by atoms with Crippen LogP contribution in [0.3, 0.4) is 0 Å². The predicted octanol–water partition coefficient (Wildman–Crippen LogP) is 3.14. The minimum Gasteiger partial charge on any atom is -0.397 e. The third-order valence-electron chi connectivity index (χ3n) is 3.62. The van der Waals surface area contributed by atoms with E-state index in [4.69, 9.17) is 39.8 Å². The smallest absolute Gasteiger partial charge is 0.260 e. The zero-order valence-electron chi connectivity index (χ0n) is 13.4. The molecule has 7 nitrogen and oxygen atoms in total. The highest BCUT2D eigenvalue weighted by atomic mass is 35.5. The number of nitrogens with two attached hydrogens (primary N) is 2. The first-order chi connectivity index (χ1) is 12.4. The number of aromatic nitrogens is 2. The number of fused-ring (bicyclic) bond motifs is 1. The summed E-state index contributed by atoms with van der Waals surface area (Å²) in [5.41, 5.74) is 13.0. The Labute approximate surface area is 163 Å². The molecule has 1 aromatic carbocycles. The monoisotopic (exact) mass is 411 g/mol. The zero-order chi connectivity index (χ0) is 18.8. The fourth-order valence-electron chi connectivity index (χ4n) is 2.42. The lowest BCUT2D eigenvalue weighted by atomic mass is 10.1. The van der Waals surface area contributed by atoms with Crippen molar-refractivity contribution in [3.05, 3.63) is 33.1 Å². The number of halogens is 2. The number of rotatable bonds is 6. The molecule has 0 spiro atoms. The molecule has 0 aliphatic carbocycles. The van der Waals surface area contributed by atoms with E-state index in [0.29, 0.717) is 50.4 Å². The van der Waals surface area contributed by atoms with Crippen LogP contribution in [0.2, 0.25) is 10.0 Å². The average molecular weight is 412 g/mol. The number of anilines is 2. The van der Waals surface area contributed by atoms with Crippen LogP contribution in [0, 0.1) is 0 Å². The quantitative estimate of drug-likeness (QED) is 0.461. The molecule has 0 saturated carbocycles. The topological polar surface area (TPSA) is 127 Å². The molecule has 2 aromatic heterocycles. The molecule has 6 N–H and O–H groups in total. The number of thiophene rings is 1. The first kappa shape index (κ1) is 18.7. The number of nitrogen functional groups attached to an aromatic ring is 1. The normalized spacial score (nSPS) is 11.0. The maximum absolute atomic E-state index is 11.7. The van der Waals surface area contributed by atoms with E-state index in [9.17, 15) is 4.79 Å². The molecule has 0 fully saturated rings. The van der Waals surface area contributed by atoms with E-state index in [1.165, 1.54) is 0 Å². The second-order valence-corrected chi connectivity index (χ2v) is 7.23. The molecule has 0 saturated heterocycles. The van der Waals surface area contributed by atoms with E-state index in [2.05, 4.69) is 15.3 Å². The third-order valence-corrected chi connectivity index (χ3v) is 5.48. The second kappa shape index (κ2) is 7.63. The zero-order valence-corrected chi connectivity index (χ0v) is 15.8. The van der Waals surface area contributed by atoms with Gasteiger partial charge < -0.3 is 21.9 Å². The van der Waals surface area contributed by atoms with Crippen molar-refractivity contribution < 1.29 is 9.90 Å². The Morgan fingerprint density at radius 3 is 2.69 bits per heavy atom. The fourth-order valence-corrected chi connectivity index (χ4v) is 3.66. The summed E-state index contributed by atoms with van der Waals surface area (Å²) in [4.78, 5) is 21.3. The van der Waals surface area contributed by atoms with Crippen molar-refractivity contribution in [1.29, 1.82) is 0 Å². The maximum Gasteiger partial charge on any atom is 0.260 e. The number of aliphatic hydroxyl groups is 1. The van der Waals surface area contributed by atoms with Crippen LogP contribution in [-0.4, -0.2) is 34.1 Å². The maximum atomic E-state index is 11.7. The Balaban J connectivity index is 2.22. The number of benzene rings is 1. The van der Waals surface area contributed by atoms with Crippen molar-refractivity contribution in [3.63, 3.8) is 0 Å². The van der Waals surface area contributed by atoms with Gasteiger partial charge in [0.05, 0.1) is 26.8 Å². The summed E-state index contributed by atoms with van der Waals surface area (Å²) in [5, 5.41) is 13.3. The number of hydrogen-bond donors (Lipinski definition) is 4. The summed E-state index contributed by atoms with van der Waals surface area (Å²) in [6.07, 6.45) is 0.544. The van der Waals surface area contributed by atoms with Crippen LogP contribution in [-0.2, 0) is 0 Å². The van der Waals surface area contributed by atoms with Crippen LogP contribution in [0.5, 0.6) is 0 Å². The summed E-state index contributed by atoms with van der Waals surface area (Å²) in [5.74, 6) is -0.273. The van der Waals surface area contributed by atoms with Crippen LogP contribution in [0.4, 0.5) is 11.6 Å². The summed E-state index contributed by atoms with van der Waals surface area (Å²) >= 11 is 13.2. The van der Waals surface area contributed by atoms with Crippen LogP contribution in [0.25, 0.3) is 21.5 Å². The van der Waals surface area contributed by atoms with Gasteiger partial charge in [0.1, 0.15) is 9.71 Å². The van der Waals surface area contributed by atoms with E-state index in [-0.39, 0.29) is 17.2 Å². The van der Waals surface area contributed by atoms with Crippen LogP contribution >= 0.6 is 34.5 Å². The molecule has 0 aliphatic heterocycles. The van der Waals surface area contributed by atoms with Gasteiger partial charge in [0.25, 0.3) is 5.91 Å². The van der Waals surface area contributed by atoms with Gasteiger partial charge in [-0.2, -0.15) is 0 Å². The van der Waals surface area contributed by atoms with E-state index >= 15 is 0 Å². The number of nitrogens with zero attached hydrogens (tertiary/aromatic N) is 2. The van der Waals surface area contributed by atoms with Gasteiger partial charge >= 0.3 is 0 Å². The van der Waals surface area contributed by atoms with Gasteiger partial charge in [-0.3, -0.25) is 4.79 Å². The first-order valence-corrected chi connectivity index (χ1v) is 9.19. The highest BCUT2D eigenvalue weighted by Gasteiger charge is 2.21. The minimum absolute atomic E-state index is 0.0483. The highest BCUT2D eigenvalue weighted by molar-refractivity contribution is 7.21. The van der Waals surface area contributed by atoms with Crippen LogP contribution < -0.4 is 16.8 Å². The number of carbonyl (C=O) groups excluding carboxylic acids is 1. The van der Waals surface area contributed by atoms with Crippen molar-refractivity contribution >= 4 is 62.3 Å². The molecule has 136 valence electrons. The van der Waals surface area contributed by atoms with Crippen molar-refractivity contribution in [2.24, 2.45) is 5.73 Å². The van der Waals surface area contributed by atoms with Crippen molar-refractivity contribution in [1.82, 2.24) is 9.97 Å². The molecule has 0 aliphatic rings. The lowest BCUT2D eigenvalue weighted by Gasteiger charge is -2.09. The Bertz CT molecular complexity index is 992. The van der Waals surface area contributed by atoms with E-state index < -0.39 is 5.91 Å². The molecular weight excluding hydrogens is 397 g/mol. The molecule has 26 heavy (non-hydrogen) atoms.